The Labute approximate surface area is 316 Å². The molecule has 2 unspecified atom stereocenters. The lowest BCUT2D eigenvalue weighted by Gasteiger charge is -2.25. The highest BCUT2D eigenvalue weighted by molar-refractivity contribution is 6.32. The summed E-state index contributed by atoms with van der Waals surface area (Å²) >= 11 is 12.3. The molecule has 0 amide bonds. The van der Waals surface area contributed by atoms with E-state index in [-0.39, 0.29) is 34.4 Å². The summed E-state index contributed by atoms with van der Waals surface area (Å²) in [6.45, 7) is 0. The largest absolute Gasteiger partial charge is 0.484 e. The predicted octanol–water partition coefficient (Wildman–Crippen LogP) is 9.49. The first kappa shape index (κ1) is 42.0. The van der Waals surface area contributed by atoms with Crippen LogP contribution in [0, 0.1) is 0 Å². The number of ether oxygens (including phenoxy) is 4. The monoisotopic (exact) mass is 798 g/mol. The Morgan fingerprint density at radius 2 is 0.963 bits per heavy atom. The fraction of sp³-hybridized carbons (Fsp3) is 0.263. The molecule has 8 nitrogen and oxygen atoms in total. The van der Waals surface area contributed by atoms with Gasteiger partial charge in [0.1, 0.15) is 23.7 Å². The lowest BCUT2D eigenvalue weighted by Crippen LogP contribution is -2.34. The second-order valence-corrected chi connectivity index (χ2v) is 12.4. The van der Waals surface area contributed by atoms with Crippen LogP contribution < -0.4 is 20.1 Å². The zero-order valence-electron chi connectivity index (χ0n) is 28.6. The summed E-state index contributed by atoms with van der Waals surface area (Å²) in [5, 5.41) is 5.45. The molecular formula is C38H34Cl2F6N2O6. The Bertz CT molecular complexity index is 1750. The van der Waals surface area contributed by atoms with Crippen molar-refractivity contribution >= 4 is 35.1 Å². The molecule has 0 aliphatic carbocycles. The van der Waals surface area contributed by atoms with Gasteiger partial charge < -0.3 is 18.9 Å². The number of halogens is 8. The van der Waals surface area contributed by atoms with Gasteiger partial charge in [0.15, 0.2) is 12.5 Å². The Morgan fingerprint density at radius 3 is 1.28 bits per heavy atom. The lowest BCUT2D eigenvalue weighted by atomic mass is 10.1. The van der Waals surface area contributed by atoms with E-state index in [1.54, 1.807) is 60.7 Å². The molecule has 0 heterocycles. The Hall–Kier alpha value is -4.76. The molecule has 0 aliphatic heterocycles. The maximum Gasteiger partial charge on any atom is 0.416 e. The molecule has 4 rings (SSSR count). The fourth-order valence-corrected chi connectivity index (χ4v) is 5.34. The van der Waals surface area contributed by atoms with E-state index in [9.17, 15) is 35.9 Å². The van der Waals surface area contributed by atoms with Crippen LogP contribution in [-0.2, 0) is 31.4 Å². The second-order valence-electron chi connectivity index (χ2n) is 11.6. The van der Waals surface area contributed by atoms with Crippen LogP contribution in [0.25, 0.3) is 0 Å². The highest BCUT2D eigenvalue weighted by Gasteiger charge is 2.33. The average molecular weight is 800 g/mol. The Morgan fingerprint density at radius 1 is 0.611 bits per heavy atom. The summed E-state index contributed by atoms with van der Waals surface area (Å²) in [5.74, 6) is -2.41. The second kappa shape index (κ2) is 19.0. The van der Waals surface area contributed by atoms with Crippen LogP contribution in [0.15, 0.2) is 109 Å². The zero-order valence-corrected chi connectivity index (χ0v) is 30.1. The van der Waals surface area contributed by atoms with Gasteiger partial charge in [-0.25, -0.2) is 9.59 Å². The van der Waals surface area contributed by atoms with Crippen molar-refractivity contribution in [1.29, 1.82) is 0 Å². The van der Waals surface area contributed by atoms with Crippen LogP contribution in [0.1, 0.15) is 47.3 Å². The molecule has 0 spiro atoms. The Balaban J connectivity index is 1.43. The maximum absolute atomic E-state index is 13.4. The van der Waals surface area contributed by atoms with E-state index in [0.29, 0.717) is 11.1 Å². The topological polar surface area (TPSA) is 95.1 Å². The molecule has 4 aromatic rings. The molecule has 0 aromatic heterocycles. The maximum atomic E-state index is 13.4. The van der Waals surface area contributed by atoms with Gasteiger partial charge in [0.05, 0.1) is 21.2 Å². The summed E-state index contributed by atoms with van der Waals surface area (Å²) in [6, 6.07) is 22.3. The number of carbonyl (C=O) groups excluding carboxylic acids is 2. The van der Waals surface area contributed by atoms with Gasteiger partial charge in [0, 0.05) is 25.0 Å². The summed E-state index contributed by atoms with van der Waals surface area (Å²) in [5.41, 5.74) is -0.836. The number of hydrogen-bond donors (Lipinski definition) is 2. The standard InChI is InChI=1S/C38H34Cl2F6N2O6/c1-47-33(21-29(23-9-5-3-6-10-23)51-31-19-25(37(41,42)43)13-15-27(31)39)53-35(49)17-18-36(50)54-34(48-2)22-30(24-11-7-4-8-12-24)52-32-20-26(38(44,45)46)14-16-28(32)40/h3-20,29-30,33-34,47-48H,21-22H2,1-2H3/b18-17+/t29-,30-,33?,34?/m1/s1. The molecule has 0 bridgehead atoms. The van der Waals surface area contributed by atoms with Crippen LogP contribution >= 0.6 is 23.2 Å². The third-order valence-electron chi connectivity index (χ3n) is 7.77. The molecule has 4 aromatic carbocycles. The van der Waals surface area contributed by atoms with Crippen molar-refractivity contribution in [3.05, 3.63) is 142 Å². The molecule has 2 N–H and O–H groups in total. The number of benzene rings is 4. The number of esters is 2. The van der Waals surface area contributed by atoms with Gasteiger partial charge in [-0.05, 0) is 61.6 Å². The highest BCUT2D eigenvalue weighted by atomic mass is 35.5. The van der Waals surface area contributed by atoms with E-state index in [4.69, 9.17) is 42.1 Å². The summed E-state index contributed by atoms with van der Waals surface area (Å²) in [7, 11) is 2.95. The van der Waals surface area contributed by atoms with E-state index in [1.807, 2.05) is 0 Å². The van der Waals surface area contributed by atoms with E-state index < -0.39 is 60.1 Å². The highest BCUT2D eigenvalue weighted by Crippen LogP contribution is 2.39. The smallest absolute Gasteiger partial charge is 0.416 e. The van der Waals surface area contributed by atoms with Crippen LogP contribution in [0.5, 0.6) is 11.5 Å². The van der Waals surface area contributed by atoms with Gasteiger partial charge in [-0.3, -0.25) is 10.6 Å². The minimum absolute atomic E-state index is 0.0654. The quantitative estimate of drug-likeness (QED) is 0.0501. The molecule has 54 heavy (non-hydrogen) atoms. The van der Waals surface area contributed by atoms with E-state index in [0.717, 1.165) is 48.6 Å². The number of rotatable bonds is 16. The van der Waals surface area contributed by atoms with Crippen molar-refractivity contribution in [2.45, 2.75) is 49.9 Å². The molecule has 4 atom stereocenters. The van der Waals surface area contributed by atoms with Gasteiger partial charge in [0.25, 0.3) is 0 Å². The van der Waals surface area contributed by atoms with Gasteiger partial charge in [-0.15, -0.1) is 0 Å². The lowest BCUT2D eigenvalue weighted by molar-refractivity contribution is -0.148. The van der Waals surface area contributed by atoms with E-state index >= 15 is 0 Å². The molecule has 16 heteroatoms. The molecule has 0 saturated carbocycles. The van der Waals surface area contributed by atoms with Crippen molar-refractivity contribution in [3.8, 4) is 11.5 Å². The third-order valence-corrected chi connectivity index (χ3v) is 8.40. The fourth-order valence-electron chi connectivity index (χ4n) is 5.02. The molecule has 288 valence electrons. The molecule has 0 saturated heterocycles. The molecule has 0 fully saturated rings. The SMILES string of the molecule is CNC(C[C@@H](Oc1cc(C(F)(F)F)ccc1Cl)c1ccccc1)OC(=O)/C=C/C(=O)OC(C[C@@H](Oc1cc(C(F)(F)F)ccc1Cl)c1ccccc1)NC. The molecule has 0 radical (unpaired) electrons. The minimum Gasteiger partial charge on any atom is -0.484 e. The van der Waals surface area contributed by atoms with Crippen molar-refractivity contribution in [2.24, 2.45) is 0 Å². The van der Waals surface area contributed by atoms with Crippen LogP contribution in [0.2, 0.25) is 10.0 Å². The van der Waals surface area contributed by atoms with E-state index in [1.165, 1.54) is 14.1 Å². The van der Waals surface area contributed by atoms with Gasteiger partial charge in [0.2, 0.25) is 0 Å². The molecular weight excluding hydrogens is 765 g/mol. The summed E-state index contributed by atoms with van der Waals surface area (Å²) in [4.78, 5) is 25.6. The first-order chi connectivity index (χ1) is 25.6. The van der Waals surface area contributed by atoms with Crippen LogP contribution in [-0.4, -0.2) is 38.5 Å². The minimum atomic E-state index is -4.65. The summed E-state index contributed by atoms with van der Waals surface area (Å²) in [6.07, 6.45) is -11.8. The summed E-state index contributed by atoms with van der Waals surface area (Å²) < 4.78 is 103. The van der Waals surface area contributed by atoms with Crippen molar-refractivity contribution in [1.82, 2.24) is 10.6 Å². The Kier molecular flexibility index (Phi) is 14.8. The predicted molar refractivity (Wildman–Crippen MR) is 189 cm³/mol. The first-order valence-electron chi connectivity index (χ1n) is 16.2. The van der Waals surface area contributed by atoms with Crippen molar-refractivity contribution in [3.63, 3.8) is 0 Å². The number of hydrogen-bond acceptors (Lipinski definition) is 8. The van der Waals surface area contributed by atoms with Gasteiger partial charge in [-0.1, -0.05) is 83.9 Å². The van der Waals surface area contributed by atoms with Gasteiger partial charge >= 0.3 is 24.3 Å². The third kappa shape index (κ3) is 12.4. The molecule has 0 aliphatic rings. The van der Waals surface area contributed by atoms with Crippen molar-refractivity contribution in [2.75, 3.05) is 14.1 Å². The van der Waals surface area contributed by atoms with Crippen molar-refractivity contribution < 1.29 is 54.9 Å². The van der Waals surface area contributed by atoms with E-state index in [2.05, 4.69) is 10.6 Å². The first-order valence-corrected chi connectivity index (χ1v) is 16.9. The number of alkyl halides is 6. The van der Waals surface area contributed by atoms with Crippen LogP contribution in [0.3, 0.4) is 0 Å². The zero-order chi connectivity index (χ0) is 39.5. The number of nitrogens with one attached hydrogen (secondary N) is 2. The van der Waals surface area contributed by atoms with Crippen LogP contribution in [0.4, 0.5) is 26.3 Å². The van der Waals surface area contributed by atoms with Gasteiger partial charge in [-0.2, -0.15) is 26.3 Å². The number of carbonyl (C=O) groups is 2. The average Bonchev–Trinajstić information content (AvgIpc) is 3.14. The normalized spacial score (nSPS) is 14.2.